The molecule has 13 aromatic rings. The van der Waals surface area contributed by atoms with Crippen LogP contribution in [0.5, 0.6) is 0 Å². The van der Waals surface area contributed by atoms with Crippen LogP contribution in [0.4, 0.5) is 34.1 Å². The van der Waals surface area contributed by atoms with Crippen LogP contribution >= 0.6 is 0 Å². The first-order valence-electron chi connectivity index (χ1n) is 21.1. The lowest BCUT2D eigenvalue weighted by molar-refractivity contribution is 0.637. The van der Waals surface area contributed by atoms with Gasteiger partial charge in [-0.25, -0.2) is 0 Å². The average molecular weight is 793 g/mol. The minimum Gasteiger partial charge on any atom is -0.451 e. The smallest absolute Gasteiger partial charge is 0.178 e. The summed E-state index contributed by atoms with van der Waals surface area (Å²) in [5.74, 6) is 0. The fraction of sp³-hybridized carbons (Fsp3) is 0. The highest BCUT2D eigenvalue weighted by Gasteiger charge is 2.21. The van der Waals surface area contributed by atoms with E-state index in [2.05, 4.69) is 228 Å². The predicted octanol–water partition coefficient (Wildman–Crippen LogP) is 17.0. The van der Waals surface area contributed by atoms with Gasteiger partial charge in [0.1, 0.15) is 11.2 Å². The molecule has 4 heteroatoms. The summed E-state index contributed by atoms with van der Waals surface area (Å²) in [4.78, 5) is 4.64. The maximum atomic E-state index is 6.90. The monoisotopic (exact) mass is 792 g/mol. The van der Waals surface area contributed by atoms with Crippen LogP contribution < -0.4 is 9.80 Å². The summed E-state index contributed by atoms with van der Waals surface area (Å²) < 4.78 is 13.8. The molecular weight excluding hydrogens is 757 g/mol. The van der Waals surface area contributed by atoms with Crippen molar-refractivity contribution in [3.63, 3.8) is 0 Å². The van der Waals surface area contributed by atoms with E-state index in [1.54, 1.807) is 0 Å². The van der Waals surface area contributed by atoms with E-state index in [0.29, 0.717) is 0 Å². The first-order valence-corrected chi connectivity index (χ1v) is 21.1. The van der Waals surface area contributed by atoms with Gasteiger partial charge in [-0.3, -0.25) is 0 Å². The van der Waals surface area contributed by atoms with Crippen LogP contribution in [0.1, 0.15) is 0 Å². The molecule has 0 N–H and O–H groups in total. The van der Waals surface area contributed by atoms with Crippen molar-refractivity contribution in [3.05, 3.63) is 218 Å². The molecular formula is C58H36N2O2. The lowest BCUT2D eigenvalue weighted by Gasteiger charge is -2.26. The molecule has 0 bridgehead atoms. The first kappa shape index (κ1) is 34.5. The summed E-state index contributed by atoms with van der Waals surface area (Å²) in [7, 11) is 0. The van der Waals surface area contributed by atoms with Gasteiger partial charge in [-0.05, 0) is 142 Å². The molecule has 0 atom stereocenters. The Morgan fingerprint density at radius 1 is 0.210 bits per heavy atom. The third-order valence-electron chi connectivity index (χ3n) is 12.5. The van der Waals surface area contributed by atoms with Crippen molar-refractivity contribution in [1.82, 2.24) is 0 Å². The van der Waals surface area contributed by atoms with Gasteiger partial charge in [0.25, 0.3) is 0 Å². The van der Waals surface area contributed by atoms with Crippen LogP contribution in [-0.2, 0) is 0 Å². The van der Waals surface area contributed by atoms with Crippen LogP contribution in [0.15, 0.2) is 227 Å². The van der Waals surface area contributed by atoms with E-state index in [0.717, 1.165) is 99.5 Å². The van der Waals surface area contributed by atoms with Crippen molar-refractivity contribution in [3.8, 4) is 0 Å². The Kier molecular flexibility index (Phi) is 7.57. The molecule has 290 valence electrons. The van der Waals surface area contributed by atoms with E-state index in [-0.39, 0.29) is 0 Å². The Bertz CT molecular complexity index is 3630. The van der Waals surface area contributed by atoms with Crippen molar-refractivity contribution in [1.29, 1.82) is 0 Å². The van der Waals surface area contributed by atoms with E-state index >= 15 is 0 Å². The molecule has 0 saturated heterocycles. The highest BCUT2D eigenvalue weighted by Crippen LogP contribution is 2.45. The second-order valence-electron chi connectivity index (χ2n) is 16.1. The highest BCUT2D eigenvalue weighted by atomic mass is 16.4. The zero-order valence-corrected chi connectivity index (χ0v) is 33.5. The van der Waals surface area contributed by atoms with E-state index < -0.39 is 0 Å². The van der Waals surface area contributed by atoms with Crippen LogP contribution in [0, 0.1) is 0 Å². The third-order valence-corrected chi connectivity index (χ3v) is 12.5. The van der Waals surface area contributed by atoms with Gasteiger partial charge in [0.05, 0.1) is 0 Å². The van der Waals surface area contributed by atoms with Crippen LogP contribution in [-0.4, -0.2) is 0 Å². The Labute approximate surface area is 356 Å². The van der Waals surface area contributed by atoms with Gasteiger partial charge in [0, 0.05) is 66.4 Å². The zero-order chi connectivity index (χ0) is 40.7. The number of hydrogen-bond donors (Lipinski definition) is 0. The van der Waals surface area contributed by atoms with Crippen molar-refractivity contribution >= 4 is 121 Å². The maximum absolute atomic E-state index is 6.90. The van der Waals surface area contributed by atoms with Gasteiger partial charge in [-0.15, -0.1) is 0 Å². The molecule has 0 unspecified atom stereocenters. The van der Waals surface area contributed by atoms with E-state index in [9.17, 15) is 0 Å². The first-order chi connectivity index (χ1) is 30.7. The molecule has 0 aliphatic carbocycles. The van der Waals surface area contributed by atoms with E-state index in [1.165, 1.54) is 21.5 Å². The largest absolute Gasteiger partial charge is 0.451 e. The number of furan rings is 2. The maximum Gasteiger partial charge on any atom is 0.178 e. The van der Waals surface area contributed by atoms with E-state index in [1.807, 2.05) is 0 Å². The van der Waals surface area contributed by atoms with Crippen molar-refractivity contribution in [2.24, 2.45) is 0 Å². The molecule has 0 aliphatic heterocycles. The summed E-state index contributed by atoms with van der Waals surface area (Å²) in [6.45, 7) is 0. The second kappa shape index (κ2) is 13.6. The molecule has 0 radical (unpaired) electrons. The predicted molar refractivity (Wildman–Crippen MR) is 260 cm³/mol. The molecule has 2 heterocycles. The number of fused-ring (bicyclic) bond motifs is 13. The quantitative estimate of drug-likeness (QED) is 0.168. The molecule has 2 aromatic heterocycles. The van der Waals surface area contributed by atoms with Crippen molar-refractivity contribution < 1.29 is 8.83 Å². The zero-order valence-electron chi connectivity index (χ0n) is 33.5. The number of hydrogen-bond acceptors (Lipinski definition) is 4. The number of nitrogens with zero attached hydrogens (tertiary/aromatic N) is 2. The summed E-state index contributed by atoms with van der Waals surface area (Å²) >= 11 is 0. The van der Waals surface area contributed by atoms with Gasteiger partial charge in [0.2, 0.25) is 0 Å². The minimum atomic E-state index is 0.767. The molecule has 0 saturated carbocycles. The third kappa shape index (κ3) is 5.40. The summed E-state index contributed by atoms with van der Waals surface area (Å²) in [5, 5.41) is 13.4. The van der Waals surface area contributed by atoms with Gasteiger partial charge in [0.15, 0.2) is 11.2 Å². The van der Waals surface area contributed by atoms with Gasteiger partial charge in [-0.2, -0.15) is 0 Å². The summed E-state index contributed by atoms with van der Waals surface area (Å²) in [6.07, 6.45) is 0. The molecule has 0 spiro atoms. The number of benzene rings is 11. The fourth-order valence-corrected chi connectivity index (χ4v) is 9.57. The van der Waals surface area contributed by atoms with E-state index in [4.69, 9.17) is 8.83 Å². The Morgan fingerprint density at radius 2 is 0.516 bits per heavy atom. The van der Waals surface area contributed by atoms with Crippen LogP contribution in [0.25, 0.3) is 87.0 Å². The molecule has 0 fully saturated rings. The fourth-order valence-electron chi connectivity index (χ4n) is 9.57. The SMILES string of the molecule is c1ccc(N(c2ccc3ccccc3c2)c2ccc3c(ccc4c5ccc6c7ccc8cc(N(c9ccccc9)c9ccc%10ccccc%10c9)ccc8c7oc6c5oc34)c2)cc1. The average Bonchev–Trinajstić information content (AvgIpc) is 3.92. The van der Waals surface area contributed by atoms with Crippen molar-refractivity contribution in [2.45, 2.75) is 0 Å². The molecule has 62 heavy (non-hydrogen) atoms. The molecule has 0 aliphatic rings. The van der Waals surface area contributed by atoms with Crippen molar-refractivity contribution in [2.75, 3.05) is 9.80 Å². The normalized spacial score (nSPS) is 11.9. The standard InChI is InChI=1S/C58H36N2O2/c1-3-15-43(16-4-1)59(45-23-19-37-11-7-9-13-39(37)33-45)47-25-29-49-41(35-47)21-27-51-53-31-32-54-52-28-22-42-36-48(26-30-50(42)56(52)62-58(54)57(53)61-55(49)51)60(44-17-5-2-6-18-44)46-24-20-38-12-8-10-14-40(38)34-46/h1-36H. The van der Waals surface area contributed by atoms with Crippen LogP contribution in [0.2, 0.25) is 0 Å². The second-order valence-corrected chi connectivity index (χ2v) is 16.1. The lowest BCUT2D eigenvalue weighted by Crippen LogP contribution is -2.09. The molecule has 11 aromatic carbocycles. The van der Waals surface area contributed by atoms with Gasteiger partial charge >= 0.3 is 0 Å². The number of anilines is 6. The Hall–Kier alpha value is -8.34. The Morgan fingerprint density at radius 3 is 0.952 bits per heavy atom. The Balaban J connectivity index is 0.930. The number of para-hydroxylation sites is 2. The van der Waals surface area contributed by atoms with Crippen LogP contribution in [0.3, 0.4) is 0 Å². The van der Waals surface area contributed by atoms with Gasteiger partial charge in [-0.1, -0.05) is 109 Å². The topological polar surface area (TPSA) is 32.8 Å². The van der Waals surface area contributed by atoms with Gasteiger partial charge < -0.3 is 18.6 Å². The lowest BCUT2D eigenvalue weighted by atomic mass is 10.0. The number of rotatable bonds is 6. The highest BCUT2D eigenvalue weighted by molar-refractivity contribution is 6.24. The molecule has 4 nitrogen and oxygen atoms in total. The minimum absolute atomic E-state index is 0.767. The summed E-state index contributed by atoms with van der Waals surface area (Å²) in [6, 6.07) is 78.0. The molecule has 0 amide bonds. The summed E-state index contributed by atoms with van der Waals surface area (Å²) in [5.41, 5.74) is 9.82. The molecule has 13 rings (SSSR count).